The van der Waals surface area contributed by atoms with Gasteiger partial charge in [0.25, 0.3) is 0 Å². The zero-order valence-electron chi connectivity index (χ0n) is 16.9. The maximum atomic E-state index is 10.8. The summed E-state index contributed by atoms with van der Waals surface area (Å²) in [6.07, 6.45) is 10.5. The number of aliphatic hydroxyl groups excluding tert-OH is 2. The second-order valence-electron chi connectivity index (χ2n) is 8.74. The fraction of sp³-hybridized carbons (Fsp3) is 0.783. The van der Waals surface area contributed by atoms with Gasteiger partial charge in [0, 0.05) is 19.4 Å². The Bertz CT molecular complexity index is 639. The van der Waals surface area contributed by atoms with Crippen LogP contribution in [0.4, 0.5) is 0 Å². The van der Waals surface area contributed by atoms with Gasteiger partial charge in [0.1, 0.15) is 6.10 Å². The van der Waals surface area contributed by atoms with Gasteiger partial charge in [-0.15, -0.1) is 0 Å². The number of rotatable bonds is 6. The van der Waals surface area contributed by atoms with E-state index in [0.717, 1.165) is 24.8 Å². The Kier molecular flexibility index (Phi) is 7.20. The molecule has 0 aromatic carbocycles. The van der Waals surface area contributed by atoms with Crippen molar-refractivity contribution in [2.45, 2.75) is 88.4 Å². The van der Waals surface area contributed by atoms with Crippen molar-refractivity contribution >= 4 is 5.97 Å². The fourth-order valence-electron chi connectivity index (χ4n) is 5.45. The summed E-state index contributed by atoms with van der Waals surface area (Å²) in [5.74, 6) is 5.89. The number of aliphatic carboxylic acids is 1. The predicted octanol–water partition coefficient (Wildman–Crippen LogP) is 3.29. The summed E-state index contributed by atoms with van der Waals surface area (Å²) in [4.78, 5) is 10.8. The highest BCUT2D eigenvalue weighted by Gasteiger charge is 2.58. The maximum absolute atomic E-state index is 10.8. The molecule has 0 radical (unpaired) electrons. The van der Waals surface area contributed by atoms with Crippen LogP contribution in [0.3, 0.4) is 0 Å². The van der Waals surface area contributed by atoms with Gasteiger partial charge in [-0.3, -0.25) is 4.79 Å². The largest absolute Gasteiger partial charge is 0.481 e. The molecular formula is C23H34O5. The Balaban J connectivity index is 1.64. The van der Waals surface area contributed by atoms with Crippen molar-refractivity contribution < 1.29 is 24.9 Å². The van der Waals surface area contributed by atoms with Crippen molar-refractivity contribution in [2.24, 2.45) is 17.8 Å². The molecule has 0 aromatic rings. The van der Waals surface area contributed by atoms with E-state index >= 15 is 0 Å². The third-order valence-electron chi connectivity index (χ3n) is 7.05. The van der Waals surface area contributed by atoms with Crippen molar-refractivity contribution in [1.82, 2.24) is 0 Å². The number of carboxylic acid groups (broad SMARTS) is 1. The van der Waals surface area contributed by atoms with Gasteiger partial charge < -0.3 is 20.1 Å². The molecule has 1 unspecified atom stereocenters. The van der Waals surface area contributed by atoms with E-state index in [4.69, 9.17) is 9.84 Å². The zero-order valence-corrected chi connectivity index (χ0v) is 16.9. The molecule has 0 amide bonds. The molecule has 28 heavy (non-hydrogen) atoms. The van der Waals surface area contributed by atoms with E-state index in [1.807, 2.05) is 6.08 Å². The minimum atomic E-state index is -0.797. The normalized spacial score (nSPS) is 35.4. The maximum Gasteiger partial charge on any atom is 0.303 e. The molecule has 5 heteroatoms. The molecule has 3 saturated carbocycles. The second-order valence-corrected chi connectivity index (χ2v) is 8.74. The summed E-state index contributed by atoms with van der Waals surface area (Å²) < 4.78 is 5.90. The van der Waals surface area contributed by atoms with Gasteiger partial charge in [-0.05, 0) is 43.6 Å². The Morgan fingerprint density at radius 1 is 1.32 bits per heavy atom. The first kappa shape index (κ1) is 21.4. The number of hydrogen-bond donors (Lipinski definition) is 3. The van der Waals surface area contributed by atoms with Crippen LogP contribution in [-0.4, -0.2) is 46.2 Å². The molecular weight excluding hydrogens is 356 g/mol. The summed E-state index contributed by atoms with van der Waals surface area (Å²) in [6.45, 7) is 0. The van der Waals surface area contributed by atoms with Crippen LogP contribution in [0, 0.1) is 29.6 Å². The first-order valence-corrected chi connectivity index (χ1v) is 10.8. The van der Waals surface area contributed by atoms with Crippen molar-refractivity contribution in [3.8, 4) is 11.8 Å². The summed E-state index contributed by atoms with van der Waals surface area (Å²) in [5, 5.41) is 29.8. The molecule has 3 rings (SSSR count). The minimum Gasteiger partial charge on any atom is -0.481 e. The highest BCUT2D eigenvalue weighted by molar-refractivity contribution is 5.66. The van der Waals surface area contributed by atoms with Gasteiger partial charge in [0.05, 0.1) is 17.6 Å². The van der Waals surface area contributed by atoms with Gasteiger partial charge >= 0.3 is 5.97 Å². The van der Waals surface area contributed by atoms with Crippen molar-refractivity contribution in [3.63, 3.8) is 0 Å². The molecule has 0 bridgehead atoms. The molecule has 0 saturated heterocycles. The Labute approximate surface area is 168 Å². The van der Waals surface area contributed by atoms with Crippen LogP contribution in [0.15, 0.2) is 11.6 Å². The number of carbonyl (C=O) groups is 1. The van der Waals surface area contributed by atoms with Crippen LogP contribution in [0.2, 0.25) is 0 Å². The van der Waals surface area contributed by atoms with Gasteiger partial charge in [0.15, 0.2) is 0 Å². The average Bonchev–Trinajstić information content (AvgIpc) is 2.66. The van der Waals surface area contributed by atoms with Gasteiger partial charge in [-0.25, -0.2) is 0 Å². The molecule has 3 aliphatic rings. The highest BCUT2D eigenvalue weighted by atomic mass is 16.5. The number of allylic oxidation sites excluding steroid dienone is 1. The summed E-state index contributed by atoms with van der Waals surface area (Å²) in [5.41, 5.74) is 0.716. The van der Waals surface area contributed by atoms with E-state index in [1.165, 1.54) is 32.1 Å². The van der Waals surface area contributed by atoms with Crippen LogP contribution in [0.5, 0.6) is 0 Å². The third-order valence-corrected chi connectivity index (χ3v) is 7.05. The highest BCUT2D eigenvalue weighted by Crippen LogP contribution is 2.56. The van der Waals surface area contributed by atoms with Crippen molar-refractivity contribution in [1.29, 1.82) is 0 Å². The second kappa shape index (κ2) is 9.43. The number of fused-ring (bicyclic) bond motifs is 1. The molecule has 0 aliphatic heterocycles. The third kappa shape index (κ3) is 4.62. The molecule has 3 aliphatic carbocycles. The fourth-order valence-corrected chi connectivity index (χ4v) is 5.45. The molecule has 5 atom stereocenters. The molecule has 0 heterocycles. The summed E-state index contributed by atoms with van der Waals surface area (Å²) in [7, 11) is 1.69. The first-order valence-electron chi connectivity index (χ1n) is 10.8. The molecule has 3 fully saturated rings. The lowest BCUT2D eigenvalue weighted by atomic mass is 9.53. The van der Waals surface area contributed by atoms with Gasteiger partial charge in [0.2, 0.25) is 0 Å². The molecule has 156 valence electrons. The van der Waals surface area contributed by atoms with E-state index in [-0.39, 0.29) is 18.3 Å². The number of methoxy groups -OCH3 is 1. The zero-order chi connectivity index (χ0) is 20.1. The molecule has 5 nitrogen and oxygen atoms in total. The predicted molar refractivity (Wildman–Crippen MR) is 107 cm³/mol. The van der Waals surface area contributed by atoms with E-state index in [1.54, 1.807) is 7.11 Å². The SMILES string of the molecule is CO[C@]12CC[C@@H](O)[C@H](C#CC(O)CC3CCCCC3)[C@H]1CC2=CCCC(=O)O. The number of carboxylic acids is 1. The lowest BCUT2D eigenvalue weighted by Crippen LogP contribution is -2.59. The number of ether oxygens (including phenoxy) is 1. The van der Waals surface area contributed by atoms with Crippen LogP contribution >= 0.6 is 0 Å². The minimum absolute atomic E-state index is 0.103. The lowest BCUT2D eigenvalue weighted by Gasteiger charge is -2.57. The Morgan fingerprint density at radius 3 is 2.75 bits per heavy atom. The van der Waals surface area contributed by atoms with Crippen LogP contribution in [0.25, 0.3) is 0 Å². The number of aliphatic hydroxyl groups is 2. The molecule has 3 N–H and O–H groups in total. The standard InChI is InChI=1S/C23H34O5/c1-28-23-13-12-21(25)19(20(23)15-17(23)8-5-9-22(26)27)11-10-18(24)14-16-6-3-2-4-7-16/h8,16,18-21,24-25H,2-7,9,12-15H2,1H3,(H,26,27)/t18?,19-,20-,21-,23+/m1/s1. The molecule has 0 aromatic heterocycles. The summed E-state index contributed by atoms with van der Waals surface area (Å²) >= 11 is 0. The van der Waals surface area contributed by atoms with Crippen LogP contribution in [0.1, 0.15) is 70.6 Å². The Hall–Kier alpha value is -1.35. The van der Waals surface area contributed by atoms with E-state index in [0.29, 0.717) is 18.8 Å². The quantitative estimate of drug-likeness (QED) is 0.479. The van der Waals surface area contributed by atoms with E-state index < -0.39 is 23.8 Å². The molecule has 0 spiro atoms. The smallest absolute Gasteiger partial charge is 0.303 e. The van der Waals surface area contributed by atoms with Gasteiger partial charge in [-0.2, -0.15) is 0 Å². The topological polar surface area (TPSA) is 87.0 Å². The van der Waals surface area contributed by atoms with Crippen molar-refractivity contribution in [2.75, 3.05) is 7.11 Å². The van der Waals surface area contributed by atoms with Crippen LogP contribution in [-0.2, 0) is 9.53 Å². The first-order chi connectivity index (χ1) is 13.5. The monoisotopic (exact) mass is 390 g/mol. The lowest BCUT2D eigenvalue weighted by molar-refractivity contribution is -0.139. The van der Waals surface area contributed by atoms with Gasteiger partial charge in [-0.1, -0.05) is 50.0 Å². The summed E-state index contributed by atoms with van der Waals surface area (Å²) in [6, 6.07) is 0. The van der Waals surface area contributed by atoms with E-state index in [2.05, 4.69) is 11.8 Å². The van der Waals surface area contributed by atoms with Crippen molar-refractivity contribution in [3.05, 3.63) is 11.6 Å². The number of hydrogen-bond acceptors (Lipinski definition) is 4. The average molecular weight is 391 g/mol. The Morgan fingerprint density at radius 2 is 2.07 bits per heavy atom. The van der Waals surface area contributed by atoms with Crippen LogP contribution < -0.4 is 0 Å². The van der Waals surface area contributed by atoms with E-state index in [9.17, 15) is 15.0 Å².